The van der Waals surface area contributed by atoms with Crippen molar-refractivity contribution in [2.75, 3.05) is 6.61 Å². The molecule has 0 amide bonds. The monoisotopic (exact) mass is 226 g/mol. The SMILES string of the molecule is CC[C@@H](Cl)CCOC(=O)c1ccccc1. The van der Waals surface area contributed by atoms with Crippen LogP contribution in [0.5, 0.6) is 0 Å². The molecule has 0 saturated heterocycles. The summed E-state index contributed by atoms with van der Waals surface area (Å²) in [5, 5.41) is 0.0913. The third-order valence-electron chi connectivity index (χ3n) is 2.12. The zero-order chi connectivity index (χ0) is 11.1. The fourth-order valence-electron chi connectivity index (χ4n) is 1.14. The lowest BCUT2D eigenvalue weighted by Gasteiger charge is -2.07. The lowest BCUT2D eigenvalue weighted by Crippen LogP contribution is -2.09. The van der Waals surface area contributed by atoms with Gasteiger partial charge in [0, 0.05) is 5.38 Å². The Morgan fingerprint density at radius 2 is 2.07 bits per heavy atom. The van der Waals surface area contributed by atoms with Crippen molar-refractivity contribution in [3.63, 3.8) is 0 Å². The molecule has 3 heteroatoms. The van der Waals surface area contributed by atoms with E-state index in [9.17, 15) is 4.79 Å². The van der Waals surface area contributed by atoms with Crippen LogP contribution in [0.15, 0.2) is 30.3 Å². The molecule has 0 radical (unpaired) electrons. The van der Waals surface area contributed by atoms with Gasteiger partial charge in [-0.2, -0.15) is 0 Å². The number of rotatable bonds is 5. The summed E-state index contributed by atoms with van der Waals surface area (Å²) in [7, 11) is 0. The molecule has 2 nitrogen and oxygen atoms in total. The van der Waals surface area contributed by atoms with Gasteiger partial charge in [-0.3, -0.25) is 0 Å². The van der Waals surface area contributed by atoms with Gasteiger partial charge >= 0.3 is 5.97 Å². The zero-order valence-electron chi connectivity index (χ0n) is 8.78. The quantitative estimate of drug-likeness (QED) is 0.569. The van der Waals surface area contributed by atoms with Gasteiger partial charge in [0.05, 0.1) is 12.2 Å². The second kappa shape index (κ2) is 6.46. The van der Waals surface area contributed by atoms with Crippen molar-refractivity contribution in [2.45, 2.75) is 25.1 Å². The van der Waals surface area contributed by atoms with Crippen molar-refractivity contribution < 1.29 is 9.53 Å². The molecule has 0 aliphatic rings. The van der Waals surface area contributed by atoms with E-state index < -0.39 is 0 Å². The highest BCUT2D eigenvalue weighted by atomic mass is 35.5. The molecule has 15 heavy (non-hydrogen) atoms. The fourth-order valence-corrected chi connectivity index (χ4v) is 1.23. The number of hydrogen-bond donors (Lipinski definition) is 0. The number of carbonyl (C=O) groups is 1. The van der Waals surface area contributed by atoms with Gasteiger partial charge in [0.15, 0.2) is 0 Å². The predicted octanol–water partition coefficient (Wildman–Crippen LogP) is 3.25. The van der Waals surface area contributed by atoms with Crippen molar-refractivity contribution in [2.24, 2.45) is 0 Å². The van der Waals surface area contributed by atoms with Gasteiger partial charge in [0.1, 0.15) is 0 Å². The molecular formula is C12H15ClO2. The lowest BCUT2D eigenvalue weighted by molar-refractivity contribution is 0.0499. The van der Waals surface area contributed by atoms with Crippen molar-refractivity contribution in [1.82, 2.24) is 0 Å². The third-order valence-corrected chi connectivity index (χ3v) is 2.64. The molecule has 0 heterocycles. The van der Waals surface area contributed by atoms with Crippen molar-refractivity contribution in [3.05, 3.63) is 35.9 Å². The summed E-state index contributed by atoms with van der Waals surface area (Å²) >= 11 is 5.90. The number of ether oxygens (including phenoxy) is 1. The molecule has 0 aliphatic heterocycles. The van der Waals surface area contributed by atoms with Crippen LogP contribution in [0.4, 0.5) is 0 Å². The summed E-state index contributed by atoms with van der Waals surface area (Å²) in [5.41, 5.74) is 0.583. The van der Waals surface area contributed by atoms with Crippen LogP contribution in [0.3, 0.4) is 0 Å². The van der Waals surface area contributed by atoms with E-state index in [0.717, 1.165) is 6.42 Å². The Kier molecular flexibility index (Phi) is 5.19. The number of halogens is 1. The second-order valence-electron chi connectivity index (χ2n) is 3.30. The molecule has 0 fully saturated rings. The second-order valence-corrected chi connectivity index (χ2v) is 3.91. The highest BCUT2D eigenvalue weighted by Gasteiger charge is 2.07. The maximum Gasteiger partial charge on any atom is 0.338 e. The van der Waals surface area contributed by atoms with Gasteiger partial charge in [-0.15, -0.1) is 11.6 Å². The van der Waals surface area contributed by atoms with Gasteiger partial charge in [0.25, 0.3) is 0 Å². The molecular weight excluding hydrogens is 212 g/mol. The first kappa shape index (κ1) is 12.1. The van der Waals surface area contributed by atoms with Crippen molar-refractivity contribution >= 4 is 17.6 Å². The van der Waals surface area contributed by atoms with E-state index >= 15 is 0 Å². The predicted molar refractivity (Wildman–Crippen MR) is 61.3 cm³/mol. The maximum atomic E-state index is 11.4. The molecule has 0 N–H and O–H groups in total. The minimum absolute atomic E-state index is 0.0913. The van der Waals surface area contributed by atoms with E-state index in [2.05, 4.69) is 0 Å². The molecule has 0 aromatic heterocycles. The van der Waals surface area contributed by atoms with Crippen molar-refractivity contribution in [1.29, 1.82) is 0 Å². The average Bonchev–Trinajstić information content (AvgIpc) is 2.29. The maximum absolute atomic E-state index is 11.4. The number of esters is 1. The molecule has 1 rings (SSSR count). The van der Waals surface area contributed by atoms with Gasteiger partial charge in [0.2, 0.25) is 0 Å². The smallest absolute Gasteiger partial charge is 0.338 e. The Hall–Kier alpha value is -1.02. The Morgan fingerprint density at radius 3 is 2.67 bits per heavy atom. The van der Waals surface area contributed by atoms with Crippen LogP contribution in [-0.4, -0.2) is 18.0 Å². The summed E-state index contributed by atoms with van der Waals surface area (Å²) < 4.78 is 5.08. The molecule has 0 saturated carbocycles. The van der Waals surface area contributed by atoms with Crippen molar-refractivity contribution in [3.8, 4) is 0 Å². The zero-order valence-corrected chi connectivity index (χ0v) is 9.54. The molecule has 0 aliphatic carbocycles. The number of alkyl halides is 1. The summed E-state index contributed by atoms with van der Waals surface area (Å²) in [6, 6.07) is 8.96. The fraction of sp³-hybridized carbons (Fsp3) is 0.417. The summed E-state index contributed by atoms with van der Waals surface area (Å²) in [6.07, 6.45) is 1.60. The third kappa shape index (κ3) is 4.34. The lowest BCUT2D eigenvalue weighted by atomic mass is 10.2. The molecule has 1 aromatic carbocycles. The van der Waals surface area contributed by atoms with Crippen LogP contribution < -0.4 is 0 Å². The molecule has 82 valence electrons. The van der Waals surface area contributed by atoms with E-state index in [1.807, 2.05) is 25.1 Å². The minimum Gasteiger partial charge on any atom is -0.462 e. The van der Waals surface area contributed by atoms with Gasteiger partial charge in [-0.1, -0.05) is 25.1 Å². The molecule has 0 spiro atoms. The summed E-state index contributed by atoms with van der Waals surface area (Å²) in [6.45, 7) is 2.40. The summed E-state index contributed by atoms with van der Waals surface area (Å²) in [5.74, 6) is -0.282. The first-order valence-corrected chi connectivity index (χ1v) is 5.54. The average molecular weight is 227 g/mol. The Morgan fingerprint density at radius 1 is 1.40 bits per heavy atom. The van der Waals surface area contributed by atoms with Gasteiger partial charge < -0.3 is 4.74 Å². The van der Waals surface area contributed by atoms with Crippen LogP contribution in [0.25, 0.3) is 0 Å². The summed E-state index contributed by atoms with van der Waals surface area (Å²) in [4.78, 5) is 11.4. The van der Waals surface area contributed by atoms with Crippen LogP contribution in [0.2, 0.25) is 0 Å². The molecule has 1 aromatic rings. The number of benzene rings is 1. The first-order chi connectivity index (χ1) is 7.24. The molecule has 1 atom stereocenters. The highest BCUT2D eigenvalue weighted by Crippen LogP contribution is 2.07. The Bertz CT molecular complexity index is 298. The number of hydrogen-bond acceptors (Lipinski definition) is 2. The van der Waals surface area contributed by atoms with Gasteiger partial charge in [-0.25, -0.2) is 4.79 Å². The van der Waals surface area contributed by atoms with E-state index in [1.54, 1.807) is 12.1 Å². The Labute approximate surface area is 95.2 Å². The normalized spacial score (nSPS) is 12.1. The van der Waals surface area contributed by atoms with E-state index in [0.29, 0.717) is 18.6 Å². The van der Waals surface area contributed by atoms with Crippen LogP contribution in [0, 0.1) is 0 Å². The van der Waals surface area contributed by atoms with Crippen LogP contribution >= 0.6 is 11.6 Å². The largest absolute Gasteiger partial charge is 0.462 e. The Balaban J connectivity index is 2.31. The van der Waals surface area contributed by atoms with E-state index in [-0.39, 0.29) is 11.3 Å². The minimum atomic E-state index is -0.282. The van der Waals surface area contributed by atoms with Crippen LogP contribution in [0.1, 0.15) is 30.1 Å². The molecule has 0 unspecified atom stereocenters. The van der Waals surface area contributed by atoms with E-state index in [4.69, 9.17) is 16.3 Å². The van der Waals surface area contributed by atoms with Crippen LogP contribution in [-0.2, 0) is 4.74 Å². The molecule has 0 bridgehead atoms. The first-order valence-electron chi connectivity index (χ1n) is 5.10. The van der Waals surface area contributed by atoms with Gasteiger partial charge in [-0.05, 0) is 25.0 Å². The van der Waals surface area contributed by atoms with E-state index in [1.165, 1.54) is 0 Å². The topological polar surface area (TPSA) is 26.3 Å². The highest BCUT2D eigenvalue weighted by molar-refractivity contribution is 6.20. The standard InChI is InChI=1S/C12H15ClO2/c1-2-11(13)8-9-15-12(14)10-6-4-3-5-7-10/h3-7,11H,2,8-9H2,1H3/t11-/m1/s1. The number of carbonyl (C=O) groups excluding carboxylic acids is 1.